The van der Waals surface area contributed by atoms with Gasteiger partial charge in [0.15, 0.2) is 0 Å². The van der Waals surface area contributed by atoms with Crippen molar-refractivity contribution in [3.8, 4) is 0 Å². The summed E-state index contributed by atoms with van der Waals surface area (Å²) in [6, 6.07) is 3.58. The third-order valence-corrected chi connectivity index (χ3v) is 3.03. The predicted octanol–water partition coefficient (Wildman–Crippen LogP) is 2.97. The maximum atomic E-state index is 13.5. The molecule has 1 aromatic heterocycles. The van der Waals surface area contributed by atoms with Gasteiger partial charge in [0.1, 0.15) is 17.5 Å². The molecule has 0 radical (unpaired) electrons. The highest BCUT2D eigenvalue weighted by Crippen LogP contribution is 2.20. The van der Waals surface area contributed by atoms with Crippen molar-refractivity contribution in [2.75, 3.05) is 6.54 Å². The Kier molecular flexibility index (Phi) is 4.63. The van der Waals surface area contributed by atoms with Crippen molar-refractivity contribution in [3.05, 3.63) is 53.6 Å². The van der Waals surface area contributed by atoms with Crippen LogP contribution in [0.5, 0.6) is 0 Å². The Balaban J connectivity index is 1.82. The van der Waals surface area contributed by atoms with Gasteiger partial charge in [-0.2, -0.15) is 0 Å². The van der Waals surface area contributed by atoms with Gasteiger partial charge in [-0.3, -0.25) is 0 Å². The fourth-order valence-electron chi connectivity index (χ4n) is 2.04. The number of nitrogens with zero attached hydrogens (tertiary/aromatic N) is 1. The van der Waals surface area contributed by atoms with E-state index in [9.17, 15) is 8.78 Å². The average Bonchev–Trinajstić information content (AvgIpc) is 2.87. The van der Waals surface area contributed by atoms with Gasteiger partial charge >= 0.3 is 0 Å². The number of H-pyrrole nitrogens is 1. The van der Waals surface area contributed by atoms with E-state index >= 15 is 0 Å². The standard InChI is InChI=1S/C14H17F2N3/c1-10(14-11(15)4-2-5-12(14)16)17-7-3-6-13-18-8-9-19-13/h2,4-5,8-10,17H,3,6-7H2,1H3,(H,18,19). The number of benzene rings is 1. The summed E-state index contributed by atoms with van der Waals surface area (Å²) in [4.78, 5) is 7.13. The van der Waals surface area contributed by atoms with Crippen LogP contribution in [-0.4, -0.2) is 16.5 Å². The van der Waals surface area contributed by atoms with E-state index in [0.717, 1.165) is 18.7 Å². The van der Waals surface area contributed by atoms with Crippen LogP contribution in [0.3, 0.4) is 0 Å². The van der Waals surface area contributed by atoms with Crippen molar-refractivity contribution in [2.45, 2.75) is 25.8 Å². The second-order valence-electron chi connectivity index (χ2n) is 4.45. The molecule has 0 aliphatic rings. The van der Waals surface area contributed by atoms with Crippen LogP contribution in [0.1, 0.15) is 30.8 Å². The second kappa shape index (κ2) is 6.43. The van der Waals surface area contributed by atoms with Crippen molar-refractivity contribution in [1.82, 2.24) is 15.3 Å². The average molecular weight is 265 g/mol. The number of imidazole rings is 1. The Bertz CT molecular complexity index is 491. The van der Waals surface area contributed by atoms with E-state index in [0.29, 0.717) is 6.54 Å². The number of aromatic amines is 1. The summed E-state index contributed by atoms with van der Waals surface area (Å²) in [5.41, 5.74) is 0.0977. The zero-order valence-electron chi connectivity index (χ0n) is 10.8. The molecule has 0 saturated carbocycles. The topological polar surface area (TPSA) is 40.7 Å². The smallest absolute Gasteiger partial charge is 0.130 e. The molecule has 0 aliphatic heterocycles. The minimum atomic E-state index is -0.508. The van der Waals surface area contributed by atoms with Crippen molar-refractivity contribution in [1.29, 1.82) is 0 Å². The Morgan fingerprint density at radius 3 is 2.68 bits per heavy atom. The van der Waals surface area contributed by atoms with E-state index in [1.165, 1.54) is 18.2 Å². The van der Waals surface area contributed by atoms with E-state index in [2.05, 4.69) is 15.3 Å². The molecule has 0 saturated heterocycles. The second-order valence-corrected chi connectivity index (χ2v) is 4.45. The normalized spacial score (nSPS) is 12.6. The summed E-state index contributed by atoms with van der Waals surface area (Å²) < 4.78 is 27.1. The lowest BCUT2D eigenvalue weighted by molar-refractivity contribution is 0.483. The third kappa shape index (κ3) is 3.61. The Hall–Kier alpha value is -1.75. The van der Waals surface area contributed by atoms with E-state index in [4.69, 9.17) is 0 Å². The van der Waals surface area contributed by atoms with Crippen LogP contribution in [-0.2, 0) is 6.42 Å². The summed E-state index contributed by atoms with van der Waals surface area (Å²) in [7, 11) is 0. The molecule has 0 spiro atoms. The molecule has 1 unspecified atom stereocenters. The number of aromatic nitrogens is 2. The minimum Gasteiger partial charge on any atom is -0.349 e. The van der Waals surface area contributed by atoms with Crippen LogP contribution in [0.15, 0.2) is 30.6 Å². The predicted molar refractivity (Wildman–Crippen MR) is 69.7 cm³/mol. The van der Waals surface area contributed by atoms with Crippen LogP contribution in [0, 0.1) is 11.6 Å². The van der Waals surface area contributed by atoms with Crippen LogP contribution >= 0.6 is 0 Å². The summed E-state index contributed by atoms with van der Waals surface area (Å²) >= 11 is 0. The number of hydrogen-bond donors (Lipinski definition) is 2. The van der Waals surface area contributed by atoms with Crippen LogP contribution in [0.2, 0.25) is 0 Å². The fourth-order valence-corrected chi connectivity index (χ4v) is 2.04. The third-order valence-electron chi connectivity index (χ3n) is 3.03. The fraction of sp³-hybridized carbons (Fsp3) is 0.357. The first-order chi connectivity index (χ1) is 9.18. The molecule has 0 amide bonds. The van der Waals surface area contributed by atoms with E-state index in [1.54, 1.807) is 19.3 Å². The van der Waals surface area contributed by atoms with Crippen LogP contribution in [0.4, 0.5) is 8.78 Å². The van der Waals surface area contributed by atoms with Gasteiger partial charge in [0.2, 0.25) is 0 Å². The Morgan fingerprint density at radius 2 is 2.05 bits per heavy atom. The highest BCUT2D eigenvalue weighted by atomic mass is 19.1. The van der Waals surface area contributed by atoms with Gasteiger partial charge in [-0.1, -0.05) is 6.07 Å². The minimum absolute atomic E-state index is 0.0977. The van der Waals surface area contributed by atoms with Gasteiger partial charge in [-0.25, -0.2) is 13.8 Å². The number of rotatable bonds is 6. The zero-order valence-corrected chi connectivity index (χ0v) is 10.8. The molecule has 1 atom stereocenters. The Morgan fingerprint density at radius 1 is 1.32 bits per heavy atom. The molecule has 1 heterocycles. The van der Waals surface area contributed by atoms with Crippen LogP contribution in [0.25, 0.3) is 0 Å². The molecule has 0 aliphatic carbocycles. The van der Waals surface area contributed by atoms with Crippen LogP contribution < -0.4 is 5.32 Å². The maximum Gasteiger partial charge on any atom is 0.130 e. The first kappa shape index (κ1) is 13.7. The summed E-state index contributed by atoms with van der Waals surface area (Å²) in [5.74, 6) is -0.0939. The molecule has 102 valence electrons. The molecule has 0 fully saturated rings. The quantitative estimate of drug-likeness (QED) is 0.788. The first-order valence-corrected chi connectivity index (χ1v) is 6.34. The van der Waals surface area contributed by atoms with Gasteiger partial charge in [-0.05, 0) is 32.0 Å². The highest BCUT2D eigenvalue weighted by molar-refractivity contribution is 5.22. The number of halogens is 2. The lowest BCUT2D eigenvalue weighted by Gasteiger charge is -2.15. The zero-order chi connectivity index (χ0) is 13.7. The Labute approximate surface area is 111 Å². The molecule has 5 heteroatoms. The molecule has 3 nitrogen and oxygen atoms in total. The lowest BCUT2D eigenvalue weighted by atomic mass is 10.1. The van der Waals surface area contributed by atoms with Crippen molar-refractivity contribution in [2.24, 2.45) is 0 Å². The maximum absolute atomic E-state index is 13.5. The molecule has 2 N–H and O–H groups in total. The van der Waals surface area contributed by atoms with Gasteiger partial charge in [-0.15, -0.1) is 0 Å². The first-order valence-electron chi connectivity index (χ1n) is 6.34. The van der Waals surface area contributed by atoms with Crippen molar-refractivity contribution < 1.29 is 8.78 Å². The number of nitrogens with one attached hydrogen (secondary N) is 2. The molecular weight excluding hydrogens is 248 g/mol. The number of hydrogen-bond acceptors (Lipinski definition) is 2. The van der Waals surface area contributed by atoms with Crippen molar-refractivity contribution >= 4 is 0 Å². The van der Waals surface area contributed by atoms with E-state index < -0.39 is 11.6 Å². The van der Waals surface area contributed by atoms with Gasteiger partial charge in [0, 0.05) is 30.4 Å². The molecule has 0 bridgehead atoms. The summed E-state index contributed by atoms with van der Waals surface area (Å²) in [6.07, 6.45) is 5.15. The van der Waals surface area contributed by atoms with Gasteiger partial charge < -0.3 is 10.3 Å². The van der Waals surface area contributed by atoms with Gasteiger partial charge in [0.05, 0.1) is 0 Å². The summed E-state index contributed by atoms with van der Waals surface area (Å²) in [6.45, 7) is 2.43. The van der Waals surface area contributed by atoms with E-state index in [1.807, 2.05) is 0 Å². The molecule has 2 aromatic rings. The SMILES string of the molecule is CC(NCCCc1ncc[nH]1)c1c(F)cccc1F. The molecular formula is C14H17F2N3. The molecule has 1 aromatic carbocycles. The molecule has 19 heavy (non-hydrogen) atoms. The number of aryl methyl sites for hydroxylation is 1. The highest BCUT2D eigenvalue weighted by Gasteiger charge is 2.14. The summed E-state index contributed by atoms with van der Waals surface area (Å²) in [5, 5.41) is 3.12. The van der Waals surface area contributed by atoms with Gasteiger partial charge in [0.25, 0.3) is 0 Å². The monoisotopic (exact) mass is 265 g/mol. The lowest BCUT2D eigenvalue weighted by Crippen LogP contribution is -2.22. The van der Waals surface area contributed by atoms with Crippen molar-refractivity contribution in [3.63, 3.8) is 0 Å². The van der Waals surface area contributed by atoms with E-state index in [-0.39, 0.29) is 11.6 Å². The largest absolute Gasteiger partial charge is 0.349 e. The molecule has 2 rings (SSSR count).